The van der Waals surface area contributed by atoms with Gasteiger partial charge in [0.05, 0.1) is 12.0 Å². The molecule has 1 aromatic heterocycles. The number of ether oxygens (including phenoxy) is 2. The van der Waals surface area contributed by atoms with E-state index in [2.05, 4.69) is 0 Å². The number of carbonyl (C=O) groups is 1. The largest absolute Gasteiger partial charge is 0.474 e. The van der Waals surface area contributed by atoms with Gasteiger partial charge in [0.15, 0.2) is 0 Å². The summed E-state index contributed by atoms with van der Waals surface area (Å²) < 4.78 is 16.9. The second-order valence-electron chi connectivity index (χ2n) is 6.66. The van der Waals surface area contributed by atoms with Crippen molar-refractivity contribution in [2.45, 2.75) is 20.0 Å². The molecule has 1 unspecified atom stereocenters. The maximum Gasteiger partial charge on any atom is 0.352 e. The lowest BCUT2D eigenvalue weighted by Crippen LogP contribution is -2.21. The number of benzene rings is 3. The number of hydrogen-bond acceptors (Lipinski definition) is 5. The minimum Gasteiger partial charge on any atom is -0.474 e. The second-order valence-corrected chi connectivity index (χ2v) is 6.66. The number of esters is 1. The van der Waals surface area contributed by atoms with Crippen LogP contribution in [0.3, 0.4) is 0 Å². The predicted octanol–water partition coefficient (Wildman–Crippen LogP) is 4.94. The zero-order valence-corrected chi connectivity index (χ0v) is 16.2. The summed E-state index contributed by atoms with van der Waals surface area (Å²) in [4.78, 5) is 24.9. The Hall–Kier alpha value is -3.60. The highest BCUT2D eigenvalue weighted by Gasteiger charge is 2.25. The summed E-state index contributed by atoms with van der Waals surface area (Å²) in [7, 11) is 0. The molecule has 4 rings (SSSR count). The number of aryl methyl sites for hydroxylation is 1. The Kier molecular flexibility index (Phi) is 5.04. The van der Waals surface area contributed by atoms with Gasteiger partial charge in [-0.05, 0) is 37.4 Å². The highest BCUT2D eigenvalue weighted by molar-refractivity contribution is 6.05. The Morgan fingerprint density at radius 3 is 2.34 bits per heavy atom. The van der Waals surface area contributed by atoms with E-state index >= 15 is 0 Å². The number of fused-ring (bicyclic) bond motifs is 3. The van der Waals surface area contributed by atoms with E-state index in [1.807, 2.05) is 55.5 Å². The third-order valence-corrected chi connectivity index (χ3v) is 4.84. The Labute approximate surface area is 167 Å². The SMILES string of the molecule is CCOC(=O)C(Oc1ccc2c(oc(=O)c3ccccc32)c1C)c1ccccc1. The molecule has 3 aromatic carbocycles. The summed E-state index contributed by atoms with van der Waals surface area (Å²) in [5, 5.41) is 2.16. The van der Waals surface area contributed by atoms with Crippen LogP contribution in [-0.2, 0) is 9.53 Å². The first-order valence-electron chi connectivity index (χ1n) is 9.43. The number of carbonyl (C=O) groups excluding carboxylic acids is 1. The molecule has 0 fully saturated rings. The molecule has 1 heterocycles. The zero-order valence-electron chi connectivity index (χ0n) is 16.2. The first-order chi connectivity index (χ1) is 14.1. The summed E-state index contributed by atoms with van der Waals surface area (Å²) in [6, 6.07) is 20.1. The molecular weight excluding hydrogens is 368 g/mol. The summed E-state index contributed by atoms with van der Waals surface area (Å²) in [6.45, 7) is 3.81. The van der Waals surface area contributed by atoms with Crippen molar-refractivity contribution in [2.75, 3.05) is 6.61 Å². The van der Waals surface area contributed by atoms with Gasteiger partial charge in [0.1, 0.15) is 11.3 Å². The van der Waals surface area contributed by atoms with Gasteiger partial charge in [0, 0.05) is 16.5 Å². The lowest BCUT2D eigenvalue weighted by atomic mass is 10.0. The molecule has 0 aliphatic carbocycles. The Balaban J connectivity index is 1.82. The smallest absolute Gasteiger partial charge is 0.352 e. The third-order valence-electron chi connectivity index (χ3n) is 4.84. The van der Waals surface area contributed by atoms with Crippen molar-refractivity contribution in [1.29, 1.82) is 0 Å². The highest BCUT2D eigenvalue weighted by Crippen LogP contribution is 2.33. The summed E-state index contributed by atoms with van der Waals surface area (Å²) >= 11 is 0. The molecule has 146 valence electrons. The molecule has 5 nitrogen and oxygen atoms in total. The molecule has 1 atom stereocenters. The van der Waals surface area contributed by atoms with Gasteiger partial charge in [0.2, 0.25) is 6.10 Å². The van der Waals surface area contributed by atoms with Crippen LogP contribution in [0.2, 0.25) is 0 Å². The summed E-state index contributed by atoms with van der Waals surface area (Å²) in [6.07, 6.45) is -0.917. The van der Waals surface area contributed by atoms with Gasteiger partial charge in [-0.15, -0.1) is 0 Å². The van der Waals surface area contributed by atoms with Crippen LogP contribution in [0.15, 0.2) is 75.9 Å². The average Bonchev–Trinajstić information content (AvgIpc) is 2.75. The fourth-order valence-corrected chi connectivity index (χ4v) is 3.41. The molecule has 0 N–H and O–H groups in total. The molecule has 0 aliphatic rings. The monoisotopic (exact) mass is 388 g/mol. The summed E-state index contributed by atoms with van der Waals surface area (Å²) in [5.74, 6) is -0.0176. The maximum atomic E-state index is 12.5. The van der Waals surface area contributed by atoms with E-state index in [1.54, 1.807) is 25.1 Å². The summed E-state index contributed by atoms with van der Waals surface area (Å²) in [5.41, 5.74) is 1.38. The van der Waals surface area contributed by atoms with Crippen molar-refractivity contribution in [3.05, 3.63) is 88.3 Å². The van der Waals surface area contributed by atoms with Crippen molar-refractivity contribution in [2.24, 2.45) is 0 Å². The fraction of sp³-hybridized carbons (Fsp3) is 0.167. The van der Waals surface area contributed by atoms with Crippen LogP contribution in [0.1, 0.15) is 24.2 Å². The first kappa shape index (κ1) is 18.7. The van der Waals surface area contributed by atoms with E-state index in [9.17, 15) is 9.59 Å². The van der Waals surface area contributed by atoms with E-state index in [0.717, 1.165) is 10.8 Å². The molecular formula is C24H20O5. The van der Waals surface area contributed by atoms with Crippen LogP contribution >= 0.6 is 0 Å². The highest BCUT2D eigenvalue weighted by atomic mass is 16.6. The van der Waals surface area contributed by atoms with Crippen molar-refractivity contribution < 1.29 is 18.7 Å². The standard InChI is InChI=1S/C24H20O5/c1-3-27-24(26)22(16-9-5-4-6-10-16)28-20-14-13-18-17-11-7-8-12-19(17)23(25)29-21(18)15(20)2/h4-14,22H,3H2,1-2H3. The topological polar surface area (TPSA) is 65.7 Å². The van der Waals surface area contributed by atoms with Gasteiger partial charge in [-0.25, -0.2) is 9.59 Å². The van der Waals surface area contributed by atoms with Gasteiger partial charge < -0.3 is 13.9 Å². The lowest BCUT2D eigenvalue weighted by Gasteiger charge is -2.20. The van der Waals surface area contributed by atoms with Gasteiger partial charge in [-0.1, -0.05) is 48.5 Å². The molecule has 0 aliphatic heterocycles. The van der Waals surface area contributed by atoms with E-state index < -0.39 is 17.7 Å². The first-order valence-corrected chi connectivity index (χ1v) is 9.43. The van der Waals surface area contributed by atoms with Gasteiger partial charge in [-0.2, -0.15) is 0 Å². The average molecular weight is 388 g/mol. The maximum absolute atomic E-state index is 12.5. The van der Waals surface area contributed by atoms with E-state index in [1.165, 1.54) is 0 Å². The van der Waals surface area contributed by atoms with Gasteiger partial charge in [-0.3, -0.25) is 0 Å². The molecule has 0 saturated heterocycles. The van der Waals surface area contributed by atoms with Crippen LogP contribution in [0.4, 0.5) is 0 Å². The molecule has 0 radical (unpaired) electrons. The van der Waals surface area contributed by atoms with E-state index in [4.69, 9.17) is 13.9 Å². The minimum atomic E-state index is -0.917. The Morgan fingerprint density at radius 2 is 1.62 bits per heavy atom. The molecule has 0 bridgehead atoms. The van der Waals surface area contributed by atoms with Crippen LogP contribution < -0.4 is 10.4 Å². The molecule has 0 spiro atoms. The third kappa shape index (κ3) is 3.47. The Morgan fingerprint density at radius 1 is 0.931 bits per heavy atom. The number of hydrogen-bond donors (Lipinski definition) is 0. The van der Waals surface area contributed by atoms with Crippen LogP contribution in [0.25, 0.3) is 21.7 Å². The second kappa shape index (κ2) is 7.80. The van der Waals surface area contributed by atoms with Crippen molar-refractivity contribution in [3.8, 4) is 5.75 Å². The fourth-order valence-electron chi connectivity index (χ4n) is 3.41. The molecule has 5 heteroatoms. The molecule has 0 amide bonds. The molecule has 29 heavy (non-hydrogen) atoms. The van der Waals surface area contributed by atoms with Crippen molar-refractivity contribution in [1.82, 2.24) is 0 Å². The molecule has 0 saturated carbocycles. The Bertz CT molecular complexity index is 1240. The molecule has 4 aromatic rings. The van der Waals surface area contributed by atoms with E-state index in [-0.39, 0.29) is 6.61 Å². The zero-order chi connectivity index (χ0) is 20.4. The quantitative estimate of drug-likeness (QED) is 0.275. The van der Waals surface area contributed by atoms with Gasteiger partial charge >= 0.3 is 11.6 Å². The lowest BCUT2D eigenvalue weighted by molar-refractivity contribution is -0.151. The van der Waals surface area contributed by atoms with Crippen LogP contribution in [-0.4, -0.2) is 12.6 Å². The van der Waals surface area contributed by atoms with Gasteiger partial charge in [0.25, 0.3) is 0 Å². The predicted molar refractivity (Wildman–Crippen MR) is 111 cm³/mol. The van der Waals surface area contributed by atoms with Crippen molar-refractivity contribution >= 4 is 27.7 Å². The van der Waals surface area contributed by atoms with E-state index in [0.29, 0.717) is 27.8 Å². The minimum absolute atomic E-state index is 0.253. The van der Waals surface area contributed by atoms with Crippen LogP contribution in [0, 0.1) is 6.92 Å². The number of rotatable bonds is 5. The van der Waals surface area contributed by atoms with Crippen LogP contribution in [0.5, 0.6) is 5.75 Å². The van der Waals surface area contributed by atoms with Crippen molar-refractivity contribution in [3.63, 3.8) is 0 Å². The normalized spacial score (nSPS) is 12.1.